The molecule has 0 spiro atoms. The van der Waals surface area contributed by atoms with Gasteiger partial charge in [-0.15, -0.1) is 0 Å². The van der Waals surface area contributed by atoms with Crippen LogP contribution in [0, 0.1) is 11.6 Å². The van der Waals surface area contributed by atoms with Gasteiger partial charge in [-0.3, -0.25) is 14.7 Å². The van der Waals surface area contributed by atoms with Crippen LogP contribution in [0.15, 0.2) is 55.3 Å². The summed E-state index contributed by atoms with van der Waals surface area (Å²) in [6, 6.07) is 9.52. The minimum absolute atomic E-state index is 0.0135. The van der Waals surface area contributed by atoms with Crippen LogP contribution < -0.4 is 9.64 Å². The van der Waals surface area contributed by atoms with Gasteiger partial charge in [-0.05, 0) is 50.3 Å². The number of rotatable bonds is 7. The van der Waals surface area contributed by atoms with E-state index < -0.39 is 23.3 Å². The number of amides is 1. The van der Waals surface area contributed by atoms with Crippen LogP contribution in [0.2, 0.25) is 0 Å². The van der Waals surface area contributed by atoms with Gasteiger partial charge in [-0.2, -0.15) is 9.97 Å². The normalized spacial score (nSPS) is 24.8. The molecular weight excluding hydrogens is 581 g/mol. The third kappa shape index (κ3) is 4.88. The summed E-state index contributed by atoms with van der Waals surface area (Å²) in [6.45, 7) is 7.49. The zero-order valence-electron chi connectivity index (χ0n) is 25.3. The molecule has 5 heterocycles. The second-order valence-corrected chi connectivity index (χ2v) is 12.5. The van der Waals surface area contributed by atoms with Crippen LogP contribution in [0.3, 0.4) is 0 Å². The summed E-state index contributed by atoms with van der Waals surface area (Å²) in [6.07, 6.45) is 4.68. The van der Waals surface area contributed by atoms with E-state index in [2.05, 4.69) is 21.4 Å². The second kappa shape index (κ2) is 11.3. The molecule has 0 radical (unpaired) electrons. The second-order valence-electron chi connectivity index (χ2n) is 12.5. The Morgan fingerprint density at radius 2 is 2.00 bits per heavy atom. The van der Waals surface area contributed by atoms with Gasteiger partial charge in [0.1, 0.15) is 35.6 Å². The summed E-state index contributed by atoms with van der Waals surface area (Å²) in [5.41, 5.74) is -0.188. The third-order valence-electron chi connectivity index (χ3n) is 9.99. The van der Waals surface area contributed by atoms with E-state index in [1.807, 2.05) is 18.9 Å². The Balaban J connectivity index is 1.33. The van der Waals surface area contributed by atoms with Crippen LogP contribution in [0.25, 0.3) is 32.9 Å². The molecule has 234 valence electrons. The first-order valence-corrected chi connectivity index (χ1v) is 15.4. The lowest BCUT2D eigenvalue weighted by atomic mass is 9.95. The number of alkyl halides is 1. The van der Waals surface area contributed by atoms with Crippen molar-refractivity contribution in [2.45, 2.75) is 56.4 Å². The van der Waals surface area contributed by atoms with Crippen molar-refractivity contribution in [3.63, 3.8) is 0 Å². The summed E-state index contributed by atoms with van der Waals surface area (Å²) in [5, 5.41) is 1.25. The maximum Gasteiger partial charge on any atom is 0.319 e. The molecule has 0 unspecified atom stereocenters. The molecule has 2 aromatic heterocycles. The van der Waals surface area contributed by atoms with Crippen LogP contribution in [-0.4, -0.2) is 87.7 Å². The van der Waals surface area contributed by atoms with Gasteiger partial charge in [0.2, 0.25) is 5.91 Å². The van der Waals surface area contributed by atoms with E-state index in [0.717, 1.165) is 19.4 Å². The predicted molar refractivity (Wildman–Crippen MR) is 167 cm³/mol. The fourth-order valence-corrected chi connectivity index (χ4v) is 7.71. The number of benzene rings is 2. The van der Waals surface area contributed by atoms with Gasteiger partial charge in [0.05, 0.1) is 17.0 Å². The predicted octanol–water partition coefficient (Wildman–Crippen LogP) is 5.69. The van der Waals surface area contributed by atoms with Crippen LogP contribution >= 0.6 is 0 Å². The number of carbonyl (C=O) groups excluding carboxylic acids is 1. The van der Waals surface area contributed by atoms with Gasteiger partial charge >= 0.3 is 6.01 Å². The van der Waals surface area contributed by atoms with Gasteiger partial charge in [-0.1, -0.05) is 36.9 Å². The number of ether oxygens (including phenoxy) is 1. The Hall–Kier alpha value is -4.25. The molecule has 3 fully saturated rings. The van der Waals surface area contributed by atoms with Gasteiger partial charge < -0.3 is 14.5 Å². The van der Waals surface area contributed by atoms with E-state index in [4.69, 9.17) is 9.72 Å². The Kier molecular flexibility index (Phi) is 7.38. The molecule has 45 heavy (non-hydrogen) atoms. The third-order valence-corrected chi connectivity index (χ3v) is 9.99. The van der Waals surface area contributed by atoms with Crippen molar-refractivity contribution in [1.29, 1.82) is 0 Å². The van der Waals surface area contributed by atoms with Gasteiger partial charge in [0, 0.05) is 49.7 Å². The fourth-order valence-electron chi connectivity index (χ4n) is 7.71. The minimum atomic E-state index is -0.926. The number of pyridine rings is 1. The summed E-state index contributed by atoms with van der Waals surface area (Å²) < 4.78 is 52.4. The summed E-state index contributed by atoms with van der Waals surface area (Å²) in [4.78, 5) is 32.1. The maximum atomic E-state index is 16.6. The SMILES string of the molecule is C=CC(=O)N1CC[C@@H](N(C)c2nc(OC[C@@]34CCCN3C[C@H](F)C4)nc3c(F)c(-c4cccc5cccc(F)c45)ncc23)[C@H]1C. The Morgan fingerprint density at radius 1 is 1.20 bits per heavy atom. The fraction of sp³-hybridized carbons (Fsp3) is 0.412. The van der Waals surface area contributed by atoms with Crippen molar-refractivity contribution in [2.75, 3.05) is 38.2 Å². The zero-order valence-corrected chi connectivity index (χ0v) is 25.3. The van der Waals surface area contributed by atoms with Crippen LogP contribution in [0.4, 0.5) is 19.0 Å². The van der Waals surface area contributed by atoms with Gasteiger partial charge in [0.15, 0.2) is 5.82 Å². The van der Waals surface area contributed by atoms with Crippen molar-refractivity contribution in [2.24, 2.45) is 0 Å². The number of nitrogens with zero attached hydrogens (tertiary/aromatic N) is 6. The van der Waals surface area contributed by atoms with Crippen LogP contribution in [-0.2, 0) is 4.79 Å². The number of likely N-dealkylation sites (N-methyl/N-ethyl adjacent to an activating group) is 1. The van der Waals surface area contributed by atoms with E-state index >= 15 is 8.78 Å². The molecule has 4 aromatic rings. The molecular formula is C34H35F3N6O2. The Labute approximate surface area is 259 Å². The molecule has 8 nitrogen and oxygen atoms in total. The van der Waals surface area contributed by atoms with Crippen molar-refractivity contribution in [3.05, 3.63) is 66.9 Å². The molecule has 2 aromatic carbocycles. The van der Waals surface area contributed by atoms with E-state index in [9.17, 15) is 9.18 Å². The molecule has 3 aliphatic rings. The lowest BCUT2D eigenvalue weighted by Gasteiger charge is -2.32. The first kappa shape index (κ1) is 29.5. The molecule has 11 heteroatoms. The van der Waals surface area contributed by atoms with E-state index in [0.29, 0.717) is 48.1 Å². The highest BCUT2D eigenvalue weighted by Crippen LogP contribution is 2.41. The molecule has 3 aliphatic heterocycles. The van der Waals surface area contributed by atoms with E-state index in [1.54, 1.807) is 35.2 Å². The first-order valence-electron chi connectivity index (χ1n) is 15.4. The monoisotopic (exact) mass is 616 g/mol. The topological polar surface area (TPSA) is 74.7 Å². The highest BCUT2D eigenvalue weighted by Gasteiger charge is 2.49. The molecule has 3 saturated heterocycles. The van der Waals surface area contributed by atoms with Crippen molar-refractivity contribution >= 4 is 33.4 Å². The molecule has 7 rings (SSSR count). The largest absolute Gasteiger partial charge is 0.461 e. The maximum absolute atomic E-state index is 16.6. The van der Waals surface area contributed by atoms with E-state index in [-0.39, 0.29) is 47.2 Å². The highest BCUT2D eigenvalue weighted by molar-refractivity contribution is 5.99. The number of hydrogen-bond acceptors (Lipinski definition) is 7. The van der Waals surface area contributed by atoms with Crippen LogP contribution in [0.1, 0.15) is 32.6 Å². The lowest BCUT2D eigenvalue weighted by Crippen LogP contribution is -2.44. The summed E-state index contributed by atoms with van der Waals surface area (Å²) in [7, 11) is 1.85. The number of aromatic nitrogens is 3. The molecule has 1 amide bonds. The number of fused-ring (bicyclic) bond motifs is 3. The smallest absolute Gasteiger partial charge is 0.319 e. The van der Waals surface area contributed by atoms with Gasteiger partial charge in [0.25, 0.3) is 0 Å². The van der Waals surface area contributed by atoms with Crippen molar-refractivity contribution in [3.8, 4) is 17.3 Å². The van der Waals surface area contributed by atoms with Crippen molar-refractivity contribution < 1.29 is 22.7 Å². The van der Waals surface area contributed by atoms with Crippen LogP contribution in [0.5, 0.6) is 6.01 Å². The number of likely N-dealkylation sites (tertiary alicyclic amines) is 1. The standard InChI is InChI=1S/C34H35F3N6O2/c1-4-27(44)43-15-12-26(20(43)2)41(3)32-24-17-38-30(23-10-5-8-21-9-6-11-25(36)28(21)23)29(37)31(24)39-33(40-32)45-19-34-13-7-14-42(34)18-22(35)16-34/h4-6,8-11,17,20,22,26H,1,7,12-16,18-19H2,2-3H3/t20-,22-,26-,34+/m1/s1. The number of halogens is 3. The lowest BCUT2D eigenvalue weighted by molar-refractivity contribution is -0.126. The van der Waals surface area contributed by atoms with Gasteiger partial charge in [-0.25, -0.2) is 13.2 Å². The average molecular weight is 617 g/mol. The number of anilines is 1. The average Bonchev–Trinajstić information content (AvgIpc) is 3.70. The Morgan fingerprint density at radius 3 is 2.80 bits per heavy atom. The summed E-state index contributed by atoms with van der Waals surface area (Å²) in [5.74, 6) is -0.956. The molecule has 0 N–H and O–H groups in total. The van der Waals surface area contributed by atoms with E-state index in [1.165, 1.54) is 18.3 Å². The first-order chi connectivity index (χ1) is 21.7. The van der Waals surface area contributed by atoms with Crippen molar-refractivity contribution in [1.82, 2.24) is 24.8 Å². The zero-order chi connectivity index (χ0) is 31.5. The molecule has 4 atom stereocenters. The Bertz CT molecular complexity index is 1820. The number of hydrogen-bond donors (Lipinski definition) is 0. The highest BCUT2D eigenvalue weighted by atomic mass is 19.1. The summed E-state index contributed by atoms with van der Waals surface area (Å²) >= 11 is 0. The molecule has 0 aliphatic carbocycles. The quantitative estimate of drug-likeness (QED) is 0.247. The minimum Gasteiger partial charge on any atom is -0.461 e. The molecule has 0 bridgehead atoms. The molecule has 0 saturated carbocycles. The number of carbonyl (C=O) groups is 1.